The minimum Gasteiger partial charge on any atom is -0.483 e. The van der Waals surface area contributed by atoms with Crippen LogP contribution in [-0.4, -0.2) is 35.9 Å². The van der Waals surface area contributed by atoms with Gasteiger partial charge < -0.3 is 15.0 Å². The highest BCUT2D eigenvalue weighted by Crippen LogP contribution is 2.24. The van der Waals surface area contributed by atoms with E-state index in [0.717, 1.165) is 11.1 Å². The van der Waals surface area contributed by atoms with E-state index in [9.17, 15) is 9.59 Å². The van der Waals surface area contributed by atoms with Gasteiger partial charge in [0.2, 0.25) is 5.91 Å². The molecule has 2 aromatic carbocycles. The molecule has 162 valence electrons. The van der Waals surface area contributed by atoms with E-state index in [2.05, 4.69) is 5.32 Å². The Kier molecular flexibility index (Phi) is 9.00. The van der Waals surface area contributed by atoms with Crippen molar-refractivity contribution in [3.05, 3.63) is 63.1 Å². The van der Waals surface area contributed by atoms with Crippen LogP contribution < -0.4 is 10.1 Å². The maximum Gasteiger partial charge on any atom is 0.261 e. The van der Waals surface area contributed by atoms with Gasteiger partial charge in [-0.1, -0.05) is 48.3 Å². The Labute approximate surface area is 188 Å². The molecule has 0 aliphatic heterocycles. The molecule has 7 heteroatoms. The van der Waals surface area contributed by atoms with E-state index in [4.69, 9.17) is 27.9 Å². The molecular formula is C23H28Cl2N2O3. The zero-order chi connectivity index (χ0) is 22.3. The Morgan fingerprint density at radius 2 is 1.87 bits per heavy atom. The van der Waals surface area contributed by atoms with Crippen LogP contribution in [0.5, 0.6) is 5.75 Å². The van der Waals surface area contributed by atoms with Crippen LogP contribution in [0.2, 0.25) is 10.0 Å². The third kappa shape index (κ3) is 6.13. The molecule has 1 N–H and O–H groups in total. The van der Waals surface area contributed by atoms with Gasteiger partial charge in [0.1, 0.15) is 11.8 Å². The first-order chi connectivity index (χ1) is 14.3. The third-order valence-electron chi connectivity index (χ3n) is 5.00. The first-order valence-electron chi connectivity index (χ1n) is 9.98. The molecule has 5 nitrogen and oxygen atoms in total. The Morgan fingerprint density at radius 1 is 1.13 bits per heavy atom. The lowest BCUT2D eigenvalue weighted by Gasteiger charge is -2.31. The number of carbonyl (C=O) groups is 2. The number of ether oxygens (including phenoxy) is 1. The van der Waals surface area contributed by atoms with E-state index >= 15 is 0 Å². The quantitative estimate of drug-likeness (QED) is 0.588. The molecule has 0 aromatic heterocycles. The van der Waals surface area contributed by atoms with Crippen LogP contribution in [0.15, 0.2) is 36.4 Å². The molecule has 2 rings (SSSR count). The molecule has 2 amide bonds. The summed E-state index contributed by atoms with van der Waals surface area (Å²) in [6.45, 7) is 8.14. The van der Waals surface area contributed by atoms with Gasteiger partial charge in [-0.15, -0.1) is 0 Å². The largest absolute Gasteiger partial charge is 0.483 e. The van der Waals surface area contributed by atoms with Crippen molar-refractivity contribution in [1.29, 1.82) is 0 Å². The summed E-state index contributed by atoms with van der Waals surface area (Å²) < 4.78 is 5.80. The number of nitrogens with one attached hydrogen (secondary N) is 1. The zero-order valence-electron chi connectivity index (χ0n) is 17.8. The number of aryl methyl sites for hydroxylation is 1. The van der Waals surface area contributed by atoms with Gasteiger partial charge in [0, 0.05) is 23.1 Å². The van der Waals surface area contributed by atoms with Gasteiger partial charge in [-0.2, -0.15) is 0 Å². The minimum absolute atomic E-state index is 0.175. The van der Waals surface area contributed by atoms with Crippen LogP contribution in [0.4, 0.5) is 0 Å². The average Bonchev–Trinajstić information content (AvgIpc) is 2.70. The number of halogens is 2. The number of hydrogen-bond acceptors (Lipinski definition) is 3. The lowest BCUT2D eigenvalue weighted by Crippen LogP contribution is -2.50. The fraction of sp³-hybridized carbons (Fsp3) is 0.391. The molecule has 0 aliphatic carbocycles. The third-order valence-corrected chi connectivity index (χ3v) is 5.59. The number of likely N-dealkylation sites (N-methyl/N-ethyl adjacent to an activating group) is 1. The van der Waals surface area contributed by atoms with Crippen LogP contribution in [0, 0.1) is 13.8 Å². The van der Waals surface area contributed by atoms with E-state index < -0.39 is 6.04 Å². The molecule has 0 saturated heterocycles. The molecule has 0 saturated carbocycles. The van der Waals surface area contributed by atoms with E-state index in [0.29, 0.717) is 34.3 Å². The van der Waals surface area contributed by atoms with Crippen molar-refractivity contribution < 1.29 is 14.3 Å². The molecule has 0 radical (unpaired) electrons. The highest BCUT2D eigenvalue weighted by Gasteiger charge is 2.29. The van der Waals surface area contributed by atoms with Gasteiger partial charge in [-0.05, 0) is 62.1 Å². The predicted octanol–water partition coefficient (Wildman–Crippen LogP) is 4.93. The second kappa shape index (κ2) is 11.2. The molecule has 0 fully saturated rings. The Hall–Kier alpha value is -2.24. The first kappa shape index (κ1) is 24.0. The number of nitrogens with zero attached hydrogens (tertiary/aromatic N) is 1. The average molecular weight is 451 g/mol. The summed E-state index contributed by atoms with van der Waals surface area (Å²) in [5.41, 5.74) is 2.77. The van der Waals surface area contributed by atoms with Crippen molar-refractivity contribution in [3.63, 3.8) is 0 Å². The maximum atomic E-state index is 13.2. The van der Waals surface area contributed by atoms with Crippen molar-refractivity contribution in [2.45, 2.75) is 46.7 Å². The molecule has 2 aromatic rings. The molecule has 0 unspecified atom stereocenters. The molecule has 0 bridgehead atoms. The smallest absolute Gasteiger partial charge is 0.261 e. The number of carbonyl (C=O) groups excluding carboxylic acids is 2. The molecule has 0 spiro atoms. The second-order valence-corrected chi connectivity index (χ2v) is 7.91. The fourth-order valence-electron chi connectivity index (χ4n) is 3.15. The summed E-state index contributed by atoms with van der Waals surface area (Å²) in [6.07, 6.45) is 0.465. The number of benzene rings is 2. The van der Waals surface area contributed by atoms with Gasteiger partial charge >= 0.3 is 0 Å². The molecule has 1 atom stereocenters. The summed E-state index contributed by atoms with van der Waals surface area (Å²) >= 11 is 12.3. The van der Waals surface area contributed by atoms with Gasteiger partial charge in [0.05, 0.1) is 0 Å². The summed E-state index contributed by atoms with van der Waals surface area (Å²) in [6, 6.07) is 10.2. The zero-order valence-corrected chi connectivity index (χ0v) is 19.3. The van der Waals surface area contributed by atoms with E-state index in [1.165, 1.54) is 4.90 Å². The second-order valence-electron chi connectivity index (χ2n) is 7.06. The number of rotatable bonds is 9. The summed E-state index contributed by atoms with van der Waals surface area (Å²) in [7, 11) is 0. The van der Waals surface area contributed by atoms with E-state index in [1.807, 2.05) is 45.9 Å². The SMILES string of the molecule is CCNC(=O)[C@@H](CC)N(Cc1ccc(Cl)cc1Cl)C(=O)COc1cccc(C)c1C. The van der Waals surface area contributed by atoms with Crippen LogP contribution in [0.25, 0.3) is 0 Å². The van der Waals surface area contributed by atoms with Gasteiger partial charge in [-0.25, -0.2) is 0 Å². The Bertz CT molecular complexity index is 902. The van der Waals surface area contributed by atoms with Crippen molar-refractivity contribution >= 4 is 35.0 Å². The monoisotopic (exact) mass is 450 g/mol. The van der Waals surface area contributed by atoms with Crippen molar-refractivity contribution in [1.82, 2.24) is 10.2 Å². The van der Waals surface area contributed by atoms with Gasteiger partial charge in [0.15, 0.2) is 6.61 Å². The summed E-state index contributed by atoms with van der Waals surface area (Å²) in [5, 5.41) is 3.76. The summed E-state index contributed by atoms with van der Waals surface area (Å²) in [4.78, 5) is 27.3. The normalized spacial score (nSPS) is 11.7. The fourth-order valence-corrected chi connectivity index (χ4v) is 3.62. The Balaban J connectivity index is 2.27. The Morgan fingerprint density at radius 3 is 2.50 bits per heavy atom. The van der Waals surface area contributed by atoms with Crippen molar-refractivity contribution in [2.75, 3.05) is 13.2 Å². The highest BCUT2D eigenvalue weighted by molar-refractivity contribution is 6.35. The molecule has 0 heterocycles. The molecule has 0 aliphatic rings. The summed E-state index contributed by atoms with van der Waals surface area (Å²) in [5.74, 6) is 0.157. The standard InChI is InChI=1S/C23H28Cl2N2O3/c1-5-20(23(29)26-6-2)27(13-17-10-11-18(24)12-19(17)25)22(28)14-30-21-9-7-8-15(3)16(21)4/h7-12,20H,5-6,13-14H2,1-4H3,(H,26,29)/t20-/m1/s1. The predicted molar refractivity (Wildman–Crippen MR) is 121 cm³/mol. The maximum absolute atomic E-state index is 13.2. The van der Waals surface area contributed by atoms with Crippen molar-refractivity contribution in [3.8, 4) is 5.75 Å². The van der Waals surface area contributed by atoms with Crippen molar-refractivity contribution in [2.24, 2.45) is 0 Å². The van der Waals surface area contributed by atoms with Crippen LogP contribution in [0.3, 0.4) is 0 Å². The topological polar surface area (TPSA) is 58.6 Å². The minimum atomic E-state index is -0.633. The van der Waals surface area contributed by atoms with Crippen LogP contribution >= 0.6 is 23.2 Å². The lowest BCUT2D eigenvalue weighted by molar-refractivity contribution is -0.142. The number of amides is 2. The number of hydrogen-bond donors (Lipinski definition) is 1. The lowest BCUT2D eigenvalue weighted by atomic mass is 10.1. The van der Waals surface area contributed by atoms with Crippen LogP contribution in [-0.2, 0) is 16.1 Å². The van der Waals surface area contributed by atoms with Gasteiger partial charge in [0.25, 0.3) is 5.91 Å². The first-order valence-corrected chi connectivity index (χ1v) is 10.7. The molecule has 30 heavy (non-hydrogen) atoms. The van der Waals surface area contributed by atoms with Crippen LogP contribution in [0.1, 0.15) is 37.0 Å². The van der Waals surface area contributed by atoms with Gasteiger partial charge in [-0.3, -0.25) is 9.59 Å². The van der Waals surface area contributed by atoms with E-state index in [1.54, 1.807) is 18.2 Å². The van der Waals surface area contributed by atoms with E-state index in [-0.39, 0.29) is 25.0 Å². The molecular weight excluding hydrogens is 423 g/mol. The highest BCUT2D eigenvalue weighted by atomic mass is 35.5.